The van der Waals surface area contributed by atoms with Crippen LogP contribution < -0.4 is 11.3 Å². The molecule has 2 unspecified atom stereocenters. The van der Waals surface area contributed by atoms with Gasteiger partial charge in [-0.3, -0.25) is 20.1 Å². The Kier molecular flexibility index (Phi) is 3.87. The molecule has 2 rings (SSSR count). The number of rotatable bonds is 3. The highest BCUT2D eigenvalue weighted by molar-refractivity contribution is 5.93. The van der Waals surface area contributed by atoms with Crippen molar-refractivity contribution in [2.24, 2.45) is 5.84 Å². The van der Waals surface area contributed by atoms with Gasteiger partial charge in [0.2, 0.25) is 0 Å². The van der Waals surface area contributed by atoms with E-state index in [1.807, 2.05) is 10.3 Å². The number of hydrazine groups is 1. The van der Waals surface area contributed by atoms with Gasteiger partial charge in [0.15, 0.2) is 0 Å². The number of pyridine rings is 1. The highest BCUT2D eigenvalue weighted by atomic mass is 16.3. The van der Waals surface area contributed by atoms with Crippen LogP contribution in [0.4, 0.5) is 0 Å². The number of nitrogens with zero attached hydrogens (tertiary/aromatic N) is 2. The van der Waals surface area contributed by atoms with E-state index in [2.05, 4.69) is 4.98 Å². The smallest absolute Gasteiger partial charge is 0.266 e. The lowest BCUT2D eigenvalue weighted by Gasteiger charge is -2.13. The molecule has 18 heavy (non-hydrogen) atoms. The molecule has 1 aromatic heterocycles. The molecule has 0 aromatic carbocycles. The number of likely N-dealkylation sites (tertiary alicyclic amines) is 1. The molecule has 0 spiro atoms. The summed E-state index contributed by atoms with van der Waals surface area (Å²) in [6.07, 6.45) is 0.0417. The van der Waals surface area contributed by atoms with Gasteiger partial charge in [-0.15, -0.1) is 0 Å². The quantitative estimate of drug-likeness (QED) is 0.287. The predicted molar refractivity (Wildman–Crippen MR) is 63.2 cm³/mol. The van der Waals surface area contributed by atoms with Crippen LogP contribution in [-0.4, -0.2) is 51.3 Å². The molecule has 2 heterocycles. The summed E-state index contributed by atoms with van der Waals surface area (Å²) in [6, 6.07) is 3.36. The molecule has 2 atom stereocenters. The molecule has 0 saturated carbocycles. The van der Waals surface area contributed by atoms with Gasteiger partial charge in [-0.25, -0.2) is 5.84 Å². The third kappa shape index (κ3) is 2.82. The number of aliphatic hydroxyl groups excluding tert-OH is 2. The Hall–Kier alpha value is -1.54. The van der Waals surface area contributed by atoms with E-state index in [4.69, 9.17) is 5.84 Å². The fourth-order valence-corrected chi connectivity index (χ4v) is 1.94. The normalized spacial score (nSPS) is 24.2. The zero-order valence-electron chi connectivity index (χ0n) is 9.78. The van der Waals surface area contributed by atoms with E-state index in [9.17, 15) is 15.0 Å². The van der Waals surface area contributed by atoms with E-state index in [1.54, 1.807) is 12.1 Å². The molecule has 1 aliphatic rings. The minimum Gasteiger partial charge on any atom is -0.389 e. The average molecular weight is 252 g/mol. The first-order chi connectivity index (χ1) is 8.60. The zero-order chi connectivity index (χ0) is 13.1. The van der Waals surface area contributed by atoms with Gasteiger partial charge < -0.3 is 10.2 Å². The van der Waals surface area contributed by atoms with E-state index < -0.39 is 12.2 Å². The topological polar surface area (TPSA) is 112 Å². The van der Waals surface area contributed by atoms with Gasteiger partial charge in [0, 0.05) is 25.8 Å². The Morgan fingerprint density at radius 2 is 2.11 bits per heavy atom. The van der Waals surface area contributed by atoms with Gasteiger partial charge in [0.25, 0.3) is 5.91 Å². The molecule has 7 heteroatoms. The van der Waals surface area contributed by atoms with Crippen molar-refractivity contribution in [3.05, 3.63) is 29.6 Å². The van der Waals surface area contributed by atoms with Gasteiger partial charge in [-0.05, 0) is 12.1 Å². The van der Waals surface area contributed by atoms with E-state index in [0.29, 0.717) is 25.2 Å². The van der Waals surface area contributed by atoms with Crippen molar-refractivity contribution in [2.45, 2.75) is 18.8 Å². The molecule has 0 bridgehead atoms. The molecule has 1 saturated heterocycles. The number of nitrogens with two attached hydrogens (primary N) is 1. The predicted octanol–water partition coefficient (Wildman–Crippen LogP) is -1.78. The molecule has 98 valence electrons. The third-order valence-corrected chi connectivity index (χ3v) is 2.94. The van der Waals surface area contributed by atoms with Crippen molar-refractivity contribution >= 4 is 5.91 Å². The number of hydrogen-bond donors (Lipinski definition) is 4. The summed E-state index contributed by atoms with van der Waals surface area (Å²) in [5.74, 6) is 4.63. The van der Waals surface area contributed by atoms with Crippen LogP contribution in [0.15, 0.2) is 18.3 Å². The van der Waals surface area contributed by atoms with Gasteiger partial charge in [0.1, 0.15) is 0 Å². The number of carbonyl (C=O) groups excluding carboxylic acids is 1. The summed E-state index contributed by atoms with van der Waals surface area (Å²) in [5.41, 5.74) is 3.19. The van der Waals surface area contributed by atoms with Crippen molar-refractivity contribution in [2.75, 3.05) is 13.1 Å². The molecule has 7 nitrogen and oxygen atoms in total. The van der Waals surface area contributed by atoms with Crippen LogP contribution in [0.2, 0.25) is 0 Å². The Balaban J connectivity index is 1.97. The van der Waals surface area contributed by atoms with Crippen molar-refractivity contribution in [1.29, 1.82) is 0 Å². The van der Waals surface area contributed by atoms with Crippen LogP contribution in [0.5, 0.6) is 0 Å². The van der Waals surface area contributed by atoms with Gasteiger partial charge in [-0.2, -0.15) is 0 Å². The van der Waals surface area contributed by atoms with Crippen LogP contribution in [0.1, 0.15) is 16.1 Å². The summed E-state index contributed by atoms with van der Waals surface area (Å²) < 4.78 is 0. The van der Waals surface area contributed by atoms with E-state index >= 15 is 0 Å². The average Bonchev–Trinajstić information content (AvgIpc) is 2.68. The molecular weight excluding hydrogens is 236 g/mol. The molecule has 1 aliphatic heterocycles. The van der Waals surface area contributed by atoms with E-state index in [-0.39, 0.29) is 5.91 Å². The summed E-state index contributed by atoms with van der Waals surface area (Å²) in [6.45, 7) is 1.38. The molecule has 1 aromatic rings. The summed E-state index contributed by atoms with van der Waals surface area (Å²) in [4.78, 5) is 17.2. The second-order valence-corrected chi connectivity index (χ2v) is 4.34. The summed E-state index contributed by atoms with van der Waals surface area (Å²) >= 11 is 0. The second-order valence-electron chi connectivity index (χ2n) is 4.34. The standard InChI is InChI=1S/C11H16N4O3/c12-14-11(18)7-1-2-8(13-3-7)4-15-5-9(16)10(17)6-15/h1-3,9-10,16-17H,4-6,12H2,(H,14,18). The maximum Gasteiger partial charge on any atom is 0.266 e. The number of aliphatic hydroxyl groups is 2. The van der Waals surface area contributed by atoms with Crippen molar-refractivity contribution in [3.63, 3.8) is 0 Å². The first kappa shape index (κ1) is 12.9. The van der Waals surface area contributed by atoms with Gasteiger partial charge in [0.05, 0.1) is 23.5 Å². The lowest BCUT2D eigenvalue weighted by molar-refractivity contribution is 0.0572. The van der Waals surface area contributed by atoms with Crippen LogP contribution >= 0.6 is 0 Å². The number of aromatic nitrogens is 1. The molecule has 0 aliphatic carbocycles. The minimum atomic E-state index is -0.702. The highest BCUT2D eigenvalue weighted by Crippen LogP contribution is 2.13. The highest BCUT2D eigenvalue weighted by Gasteiger charge is 2.29. The second kappa shape index (κ2) is 5.40. The fraction of sp³-hybridized carbons (Fsp3) is 0.455. The third-order valence-electron chi connectivity index (χ3n) is 2.94. The largest absolute Gasteiger partial charge is 0.389 e. The Morgan fingerprint density at radius 3 is 2.61 bits per heavy atom. The minimum absolute atomic E-state index is 0.388. The number of amides is 1. The zero-order valence-corrected chi connectivity index (χ0v) is 9.78. The monoisotopic (exact) mass is 252 g/mol. The van der Waals surface area contributed by atoms with Crippen molar-refractivity contribution in [1.82, 2.24) is 15.3 Å². The van der Waals surface area contributed by atoms with Gasteiger partial charge in [-0.1, -0.05) is 0 Å². The lowest BCUT2D eigenvalue weighted by Crippen LogP contribution is -2.30. The molecule has 1 fully saturated rings. The molecule has 1 amide bonds. The van der Waals surface area contributed by atoms with Crippen LogP contribution in [0.25, 0.3) is 0 Å². The fourth-order valence-electron chi connectivity index (χ4n) is 1.94. The Bertz CT molecular complexity index is 413. The number of nitrogen functional groups attached to an aromatic ring is 1. The maximum atomic E-state index is 11.2. The Morgan fingerprint density at radius 1 is 1.44 bits per heavy atom. The maximum absolute atomic E-state index is 11.2. The number of β-amino-alcohol motifs (C(OH)–C–C–N with tert-alkyl or cyclic N) is 2. The van der Waals surface area contributed by atoms with Crippen LogP contribution in [-0.2, 0) is 6.54 Å². The van der Waals surface area contributed by atoms with Crippen molar-refractivity contribution in [3.8, 4) is 0 Å². The van der Waals surface area contributed by atoms with Crippen molar-refractivity contribution < 1.29 is 15.0 Å². The SMILES string of the molecule is NNC(=O)c1ccc(CN2CC(O)C(O)C2)nc1. The lowest BCUT2D eigenvalue weighted by atomic mass is 10.2. The van der Waals surface area contributed by atoms with Crippen LogP contribution in [0.3, 0.4) is 0 Å². The molecular formula is C11H16N4O3. The number of carbonyl (C=O) groups is 1. The summed E-state index contributed by atoms with van der Waals surface area (Å²) in [5, 5.41) is 18.8. The molecule has 5 N–H and O–H groups in total. The summed E-state index contributed by atoms with van der Waals surface area (Å²) in [7, 11) is 0. The Labute approximate surface area is 104 Å². The van der Waals surface area contributed by atoms with Crippen LogP contribution in [0, 0.1) is 0 Å². The first-order valence-corrected chi connectivity index (χ1v) is 5.64. The number of hydrogen-bond acceptors (Lipinski definition) is 6. The van der Waals surface area contributed by atoms with E-state index in [0.717, 1.165) is 5.69 Å². The molecule has 0 radical (unpaired) electrons. The number of nitrogens with one attached hydrogen (secondary N) is 1. The van der Waals surface area contributed by atoms with Gasteiger partial charge >= 0.3 is 0 Å². The first-order valence-electron chi connectivity index (χ1n) is 5.64. The van der Waals surface area contributed by atoms with E-state index in [1.165, 1.54) is 6.20 Å².